The van der Waals surface area contributed by atoms with Crippen molar-refractivity contribution in [2.24, 2.45) is 5.73 Å². The van der Waals surface area contributed by atoms with Crippen LogP contribution >= 0.6 is 0 Å². The fraction of sp³-hybridized carbons (Fsp3) is 0.188. The Morgan fingerprint density at radius 1 is 1.16 bits per heavy atom. The van der Waals surface area contributed by atoms with Crippen molar-refractivity contribution in [2.45, 2.75) is 13.3 Å². The maximum atomic E-state index is 11.1. The largest absolute Gasteiger partial charge is 0.385 e. The predicted molar refractivity (Wildman–Crippen MR) is 78.3 cm³/mol. The Labute approximate surface area is 113 Å². The first-order valence-corrected chi connectivity index (χ1v) is 6.35. The molecule has 2 aromatic rings. The molecule has 0 aromatic heterocycles. The highest BCUT2D eigenvalue weighted by atomic mass is 16.1. The van der Waals surface area contributed by atoms with E-state index in [2.05, 4.69) is 17.4 Å². The van der Waals surface area contributed by atoms with Crippen LogP contribution in [0.25, 0.3) is 0 Å². The molecule has 0 saturated carbocycles. The van der Waals surface area contributed by atoms with Crippen molar-refractivity contribution in [3.8, 4) is 0 Å². The number of rotatable bonds is 5. The molecule has 0 aliphatic carbocycles. The van der Waals surface area contributed by atoms with Crippen molar-refractivity contribution in [3.63, 3.8) is 0 Å². The van der Waals surface area contributed by atoms with Crippen molar-refractivity contribution < 1.29 is 4.79 Å². The topological polar surface area (TPSA) is 55.1 Å². The lowest BCUT2D eigenvalue weighted by Crippen LogP contribution is -2.13. The minimum Gasteiger partial charge on any atom is -0.385 e. The Morgan fingerprint density at radius 3 is 2.53 bits per heavy atom. The zero-order valence-electron chi connectivity index (χ0n) is 11.0. The van der Waals surface area contributed by atoms with Gasteiger partial charge in [0.25, 0.3) is 0 Å². The van der Waals surface area contributed by atoms with Crippen molar-refractivity contribution in [1.29, 1.82) is 0 Å². The second-order valence-electron chi connectivity index (χ2n) is 4.56. The average Bonchev–Trinajstić information content (AvgIpc) is 2.39. The van der Waals surface area contributed by atoms with Crippen LogP contribution in [0.15, 0.2) is 48.5 Å². The van der Waals surface area contributed by atoms with E-state index in [1.165, 1.54) is 5.56 Å². The molecule has 1 amide bonds. The fourth-order valence-corrected chi connectivity index (χ4v) is 2.05. The quantitative estimate of drug-likeness (QED) is 0.862. The monoisotopic (exact) mass is 254 g/mol. The van der Waals surface area contributed by atoms with Gasteiger partial charge in [0.05, 0.1) is 0 Å². The summed E-state index contributed by atoms with van der Waals surface area (Å²) in [6.07, 6.45) is 0.970. The summed E-state index contributed by atoms with van der Waals surface area (Å²) < 4.78 is 0. The number of nitrogens with one attached hydrogen (secondary N) is 1. The first kappa shape index (κ1) is 13.1. The molecule has 0 aliphatic rings. The van der Waals surface area contributed by atoms with E-state index >= 15 is 0 Å². The maximum Gasteiger partial charge on any atom is 0.248 e. The van der Waals surface area contributed by atoms with Crippen LogP contribution in [0, 0.1) is 6.92 Å². The van der Waals surface area contributed by atoms with Crippen molar-refractivity contribution in [3.05, 3.63) is 65.2 Å². The first-order valence-electron chi connectivity index (χ1n) is 6.35. The van der Waals surface area contributed by atoms with E-state index in [1.807, 2.05) is 37.3 Å². The standard InChI is InChI=1S/C16H18N2O/c1-12-11-14(7-8-15(12)16(17)19)18-10-9-13-5-3-2-4-6-13/h2-8,11,18H,9-10H2,1H3,(H2,17,19). The molecule has 0 unspecified atom stereocenters. The number of hydrogen-bond donors (Lipinski definition) is 2. The van der Waals surface area contributed by atoms with Crippen LogP contribution in [0.4, 0.5) is 5.69 Å². The Balaban J connectivity index is 1.93. The van der Waals surface area contributed by atoms with E-state index < -0.39 is 0 Å². The highest BCUT2D eigenvalue weighted by Gasteiger charge is 2.04. The number of aryl methyl sites for hydroxylation is 1. The van der Waals surface area contributed by atoms with Crippen LogP contribution in [0.1, 0.15) is 21.5 Å². The summed E-state index contributed by atoms with van der Waals surface area (Å²) in [7, 11) is 0. The molecule has 0 heterocycles. The van der Waals surface area contributed by atoms with Crippen LogP contribution < -0.4 is 11.1 Å². The van der Waals surface area contributed by atoms with E-state index in [0.29, 0.717) is 5.56 Å². The summed E-state index contributed by atoms with van der Waals surface area (Å²) in [4.78, 5) is 11.1. The summed E-state index contributed by atoms with van der Waals surface area (Å²) in [6, 6.07) is 15.9. The number of carbonyl (C=O) groups is 1. The van der Waals surface area contributed by atoms with Crippen LogP contribution in [0.3, 0.4) is 0 Å². The zero-order valence-corrected chi connectivity index (χ0v) is 11.0. The molecule has 0 spiro atoms. The van der Waals surface area contributed by atoms with E-state index in [9.17, 15) is 4.79 Å². The summed E-state index contributed by atoms with van der Waals surface area (Å²) >= 11 is 0. The molecule has 3 nitrogen and oxygen atoms in total. The third-order valence-corrected chi connectivity index (χ3v) is 3.08. The number of amides is 1. The minimum atomic E-state index is -0.381. The SMILES string of the molecule is Cc1cc(NCCc2ccccc2)ccc1C(N)=O. The van der Waals surface area contributed by atoms with Gasteiger partial charge in [0.2, 0.25) is 5.91 Å². The highest BCUT2D eigenvalue weighted by Crippen LogP contribution is 2.14. The van der Waals surface area contributed by atoms with Crippen molar-refractivity contribution >= 4 is 11.6 Å². The molecule has 19 heavy (non-hydrogen) atoms. The molecular formula is C16H18N2O. The van der Waals surface area contributed by atoms with Gasteiger partial charge < -0.3 is 11.1 Å². The number of primary amides is 1. The average molecular weight is 254 g/mol. The maximum absolute atomic E-state index is 11.1. The number of nitrogens with two attached hydrogens (primary N) is 1. The highest BCUT2D eigenvalue weighted by molar-refractivity contribution is 5.94. The van der Waals surface area contributed by atoms with Crippen LogP contribution in [0.5, 0.6) is 0 Å². The molecule has 0 atom stereocenters. The molecule has 98 valence electrons. The lowest BCUT2D eigenvalue weighted by molar-refractivity contribution is 0.1000. The smallest absolute Gasteiger partial charge is 0.248 e. The summed E-state index contributed by atoms with van der Waals surface area (Å²) in [5.74, 6) is -0.381. The molecule has 2 aromatic carbocycles. The lowest BCUT2D eigenvalue weighted by Gasteiger charge is -2.09. The molecule has 3 N–H and O–H groups in total. The van der Waals surface area contributed by atoms with Crippen molar-refractivity contribution in [1.82, 2.24) is 0 Å². The van der Waals surface area contributed by atoms with Gasteiger partial charge in [-0.15, -0.1) is 0 Å². The van der Waals surface area contributed by atoms with Gasteiger partial charge >= 0.3 is 0 Å². The van der Waals surface area contributed by atoms with E-state index in [-0.39, 0.29) is 5.91 Å². The molecule has 0 aliphatic heterocycles. The molecule has 3 heteroatoms. The summed E-state index contributed by atoms with van der Waals surface area (Å²) in [6.45, 7) is 2.75. The molecule has 0 radical (unpaired) electrons. The lowest BCUT2D eigenvalue weighted by atomic mass is 10.1. The van der Waals surface area contributed by atoms with E-state index in [1.54, 1.807) is 6.07 Å². The Hall–Kier alpha value is -2.29. The van der Waals surface area contributed by atoms with Crippen LogP contribution in [-0.4, -0.2) is 12.5 Å². The van der Waals surface area contributed by atoms with Crippen LogP contribution in [0.2, 0.25) is 0 Å². The number of benzene rings is 2. The number of anilines is 1. The van der Waals surface area contributed by atoms with E-state index in [0.717, 1.165) is 24.2 Å². The van der Waals surface area contributed by atoms with Gasteiger partial charge in [-0.3, -0.25) is 4.79 Å². The number of hydrogen-bond acceptors (Lipinski definition) is 2. The molecule has 0 saturated heterocycles. The third kappa shape index (κ3) is 3.58. The molecule has 2 rings (SSSR count). The van der Waals surface area contributed by atoms with Crippen LogP contribution in [-0.2, 0) is 6.42 Å². The third-order valence-electron chi connectivity index (χ3n) is 3.08. The minimum absolute atomic E-state index is 0.381. The van der Waals surface area contributed by atoms with Gasteiger partial charge in [0.1, 0.15) is 0 Å². The Morgan fingerprint density at radius 2 is 1.89 bits per heavy atom. The summed E-state index contributed by atoms with van der Waals surface area (Å²) in [5.41, 5.74) is 9.08. The second-order valence-corrected chi connectivity index (χ2v) is 4.56. The van der Waals surface area contributed by atoms with Gasteiger partial charge in [-0.25, -0.2) is 0 Å². The van der Waals surface area contributed by atoms with Gasteiger partial charge in [-0.1, -0.05) is 30.3 Å². The normalized spacial score (nSPS) is 10.2. The predicted octanol–water partition coefficient (Wildman–Crippen LogP) is 2.75. The summed E-state index contributed by atoms with van der Waals surface area (Å²) in [5, 5.41) is 3.35. The van der Waals surface area contributed by atoms with Gasteiger partial charge in [-0.05, 0) is 42.7 Å². The second kappa shape index (κ2) is 6.05. The molecule has 0 fully saturated rings. The Kier molecular flexibility index (Phi) is 4.18. The zero-order chi connectivity index (χ0) is 13.7. The van der Waals surface area contributed by atoms with Gasteiger partial charge in [-0.2, -0.15) is 0 Å². The number of carbonyl (C=O) groups excluding carboxylic acids is 1. The van der Waals surface area contributed by atoms with Gasteiger partial charge in [0, 0.05) is 17.8 Å². The first-order chi connectivity index (χ1) is 9.16. The molecular weight excluding hydrogens is 236 g/mol. The molecule has 0 bridgehead atoms. The van der Waals surface area contributed by atoms with E-state index in [4.69, 9.17) is 5.73 Å². The Bertz CT molecular complexity index is 564. The fourth-order valence-electron chi connectivity index (χ4n) is 2.05. The van der Waals surface area contributed by atoms with Gasteiger partial charge in [0.15, 0.2) is 0 Å². The van der Waals surface area contributed by atoms with Crippen molar-refractivity contribution in [2.75, 3.05) is 11.9 Å².